The van der Waals surface area contributed by atoms with Gasteiger partial charge in [-0.15, -0.1) is 11.3 Å². The van der Waals surface area contributed by atoms with Crippen molar-refractivity contribution in [2.45, 2.75) is 26.3 Å². The van der Waals surface area contributed by atoms with Gasteiger partial charge in [-0.3, -0.25) is 0 Å². The van der Waals surface area contributed by atoms with Crippen molar-refractivity contribution < 1.29 is 0 Å². The van der Waals surface area contributed by atoms with Gasteiger partial charge in [-0.2, -0.15) is 0 Å². The summed E-state index contributed by atoms with van der Waals surface area (Å²) in [6, 6.07) is 4.05. The van der Waals surface area contributed by atoms with Gasteiger partial charge in [-0.1, -0.05) is 0 Å². The van der Waals surface area contributed by atoms with Gasteiger partial charge in [0.1, 0.15) is 5.01 Å². The van der Waals surface area contributed by atoms with Crippen LogP contribution in [0.15, 0.2) is 18.3 Å². The predicted octanol–water partition coefficient (Wildman–Crippen LogP) is 2.90. The second-order valence-corrected chi connectivity index (χ2v) is 5.39. The van der Waals surface area contributed by atoms with Gasteiger partial charge in [0.15, 0.2) is 0 Å². The second kappa shape index (κ2) is 4.03. The number of nitrogens with zero attached hydrogens (tertiary/aromatic N) is 1. The summed E-state index contributed by atoms with van der Waals surface area (Å²) in [6.07, 6.45) is 1.93. The molecular weight excluding hydrogens is 218 g/mol. The summed E-state index contributed by atoms with van der Waals surface area (Å²) in [4.78, 5) is 9.10. The maximum absolute atomic E-state index is 4.61. The lowest BCUT2D eigenvalue weighted by atomic mass is 10.0. The van der Waals surface area contributed by atoms with Crippen molar-refractivity contribution >= 4 is 11.3 Å². The molecule has 0 fully saturated rings. The number of hydrogen-bond donors (Lipinski definition) is 2. The molecule has 0 atom stereocenters. The number of hydrogen-bond acceptors (Lipinski definition) is 3. The molecule has 2 heterocycles. The first-order chi connectivity index (χ1) is 7.54. The lowest BCUT2D eigenvalue weighted by Gasteiger charge is -2.22. The Morgan fingerprint density at radius 1 is 1.44 bits per heavy atom. The maximum atomic E-state index is 4.61. The molecule has 0 aliphatic carbocycles. The average molecular weight is 235 g/mol. The molecule has 2 aromatic rings. The quantitative estimate of drug-likeness (QED) is 0.859. The highest BCUT2D eigenvalue weighted by atomic mass is 32.1. The Hall–Kier alpha value is -1.13. The Kier molecular flexibility index (Phi) is 2.86. The summed E-state index contributed by atoms with van der Waals surface area (Å²) in [7, 11) is 1.98. The van der Waals surface area contributed by atoms with E-state index in [2.05, 4.69) is 42.1 Å². The fourth-order valence-electron chi connectivity index (χ4n) is 1.67. The van der Waals surface area contributed by atoms with Crippen LogP contribution in [-0.2, 0) is 5.54 Å². The highest BCUT2D eigenvalue weighted by molar-refractivity contribution is 7.15. The molecule has 86 valence electrons. The van der Waals surface area contributed by atoms with Crippen LogP contribution in [0.1, 0.15) is 24.4 Å². The van der Waals surface area contributed by atoms with Crippen molar-refractivity contribution in [3.05, 3.63) is 28.9 Å². The molecule has 16 heavy (non-hydrogen) atoms. The normalized spacial score (nSPS) is 12.0. The van der Waals surface area contributed by atoms with Crippen molar-refractivity contribution in [2.24, 2.45) is 0 Å². The zero-order valence-electron chi connectivity index (χ0n) is 10.1. The summed E-state index contributed by atoms with van der Waals surface area (Å²) < 4.78 is 0. The van der Waals surface area contributed by atoms with Crippen molar-refractivity contribution in [3.8, 4) is 10.7 Å². The van der Waals surface area contributed by atoms with E-state index in [1.165, 1.54) is 4.88 Å². The smallest absolute Gasteiger partial charge is 0.140 e. The molecule has 0 aliphatic heterocycles. The van der Waals surface area contributed by atoms with Crippen molar-refractivity contribution in [3.63, 3.8) is 0 Å². The van der Waals surface area contributed by atoms with Crippen LogP contribution in [0, 0.1) is 6.92 Å². The minimum Gasteiger partial charge on any atom is -0.359 e. The number of aromatic amines is 1. The number of H-pyrrole nitrogens is 1. The second-order valence-electron chi connectivity index (χ2n) is 4.39. The fraction of sp³-hybridized carbons (Fsp3) is 0.417. The Morgan fingerprint density at radius 3 is 2.75 bits per heavy atom. The van der Waals surface area contributed by atoms with Crippen LogP contribution in [0.2, 0.25) is 0 Å². The Labute approximate surface area is 99.9 Å². The summed E-state index contributed by atoms with van der Waals surface area (Å²) in [6.45, 7) is 6.41. The third kappa shape index (κ3) is 1.90. The lowest BCUT2D eigenvalue weighted by molar-refractivity contribution is 0.450. The third-order valence-corrected chi connectivity index (χ3v) is 4.33. The van der Waals surface area contributed by atoms with E-state index in [-0.39, 0.29) is 5.54 Å². The molecule has 0 unspecified atom stereocenters. The minimum absolute atomic E-state index is 0.0212. The number of nitrogens with one attached hydrogen (secondary N) is 2. The maximum Gasteiger partial charge on any atom is 0.140 e. The van der Waals surface area contributed by atoms with Crippen LogP contribution < -0.4 is 5.32 Å². The predicted molar refractivity (Wildman–Crippen MR) is 68.7 cm³/mol. The topological polar surface area (TPSA) is 40.7 Å². The van der Waals surface area contributed by atoms with Gasteiger partial charge < -0.3 is 10.3 Å². The molecule has 0 aromatic carbocycles. The first-order valence-electron chi connectivity index (χ1n) is 5.35. The molecule has 3 nitrogen and oxygen atoms in total. The van der Waals surface area contributed by atoms with E-state index in [0.717, 1.165) is 16.4 Å². The Bertz CT molecular complexity index is 468. The van der Waals surface area contributed by atoms with Gasteiger partial charge in [0, 0.05) is 16.6 Å². The third-order valence-electron chi connectivity index (χ3n) is 2.82. The standard InChI is InChI=1S/C12H17N3S/c1-8-10(12(2,3)13-4)16-11(15-8)9-6-5-7-14-9/h5-7,13-14H,1-4H3. The Morgan fingerprint density at radius 2 is 2.19 bits per heavy atom. The molecule has 4 heteroatoms. The van der Waals surface area contributed by atoms with Gasteiger partial charge in [0.25, 0.3) is 0 Å². The van der Waals surface area contributed by atoms with Crippen molar-refractivity contribution in [2.75, 3.05) is 7.05 Å². The van der Waals surface area contributed by atoms with Crippen LogP contribution in [-0.4, -0.2) is 17.0 Å². The molecule has 0 aliphatic rings. The van der Waals surface area contributed by atoms with Gasteiger partial charge in [-0.05, 0) is 40.0 Å². The molecule has 0 saturated heterocycles. The SMILES string of the molecule is CNC(C)(C)c1sc(-c2ccc[nH]2)nc1C. The first-order valence-corrected chi connectivity index (χ1v) is 6.17. The fourth-order valence-corrected chi connectivity index (χ4v) is 2.83. The number of aromatic nitrogens is 2. The van der Waals surface area contributed by atoms with Gasteiger partial charge in [0.2, 0.25) is 0 Å². The van der Waals surface area contributed by atoms with E-state index in [4.69, 9.17) is 0 Å². The van der Waals surface area contributed by atoms with Crippen LogP contribution in [0.3, 0.4) is 0 Å². The van der Waals surface area contributed by atoms with E-state index in [1.807, 2.05) is 19.3 Å². The van der Waals surface area contributed by atoms with Crippen LogP contribution in [0.25, 0.3) is 10.7 Å². The molecular formula is C12H17N3S. The average Bonchev–Trinajstić information content (AvgIpc) is 2.85. The van der Waals surface area contributed by atoms with E-state index in [1.54, 1.807) is 11.3 Å². The van der Waals surface area contributed by atoms with Crippen LogP contribution in [0.4, 0.5) is 0 Å². The van der Waals surface area contributed by atoms with E-state index in [0.29, 0.717) is 0 Å². The van der Waals surface area contributed by atoms with Crippen molar-refractivity contribution in [1.29, 1.82) is 0 Å². The molecule has 0 saturated carbocycles. The highest BCUT2D eigenvalue weighted by Gasteiger charge is 2.24. The molecule has 0 bridgehead atoms. The van der Waals surface area contributed by atoms with Crippen LogP contribution in [0.5, 0.6) is 0 Å². The van der Waals surface area contributed by atoms with E-state index >= 15 is 0 Å². The molecule has 2 aromatic heterocycles. The van der Waals surface area contributed by atoms with Crippen LogP contribution >= 0.6 is 11.3 Å². The summed E-state index contributed by atoms with van der Waals surface area (Å²) >= 11 is 1.74. The van der Waals surface area contributed by atoms with Crippen molar-refractivity contribution in [1.82, 2.24) is 15.3 Å². The monoisotopic (exact) mass is 235 g/mol. The molecule has 0 amide bonds. The summed E-state index contributed by atoms with van der Waals surface area (Å²) in [5.74, 6) is 0. The zero-order valence-corrected chi connectivity index (χ0v) is 10.9. The summed E-state index contributed by atoms with van der Waals surface area (Å²) in [5, 5.41) is 4.37. The molecule has 0 spiro atoms. The largest absolute Gasteiger partial charge is 0.359 e. The molecule has 2 N–H and O–H groups in total. The van der Waals surface area contributed by atoms with E-state index < -0.39 is 0 Å². The van der Waals surface area contributed by atoms with Gasteiger partial charge in [-0.25, -0.2) is 4.98 Å². The molecule has 2 rings (SSSR count). The number of aryl methyl sites for hydroxylation is 1. The number of thiazole rings is 1. The summed E-state index contributed by atoms with van der Waals surface area (Å²) in [5.41, 5.74) is 2.17. The lowest BCUT2D eigenvalue weighted by Crippen LogP contribution is -2.32. The Balaban J connectivity index is 2.44. The minimum atomic E-state index is -0.0212. The van der Waals surface area contributed by atoms with Gasteiger partial charge >= 0.3 is 0 Å². The van der Waals surface area contributed by atoms with Gasteiger partial charge in [0.05, 0.1) is 11.4 Å². The number of rotatable bonds is 3. The molecule has 0 radical (unpaired) electrons. The zero-order chi connectivity index (χ0) is 11.8. The van der Waals surface area contributed by atoms with E-state index in [9.17, 15) is 0 Å². The highest BCUT2D eigenvalue weighted by Crippen LogP contribution is 2.33. The first kappa shape index (κ1) is 11.4.